The van der Waals surface area contributed by atoms with E-state index in [1.54, 1.807) is 0 Å². The average molecular weight is 355 g/mol. The maximum atomic E-state index is 10.5. The summed E-state index contributed by atoms with van der Waals surface area (Å²) in [7, 11) is 0. The van der Waals surface area contributed by atoms with Gasteiger partial charge in [-0.15, -0.1) is 23.5 Å². The van der Waals surface area contributed by atoms with Crippen LogP contribution in [-0.4, -0.2) is 27.1 Å². The molecule has 2 aromatic heterocycles. The van der Waals surface area contributed by atoms with Crippen molar-refractivity contribution in [3.63, 3.8) is 0 Å². The summed E-state index contributed by atoms with van der Waals surface area (Å²) in [6.07, 6.45) is 5.16. The fourth-order valence-corrected chi connectivity index (χ4v) is 5.15. The van der Waals surface area contributed by atoms with Gasteiger partial charge < -0.3 is 5.11 Å². The monoisotopic (exact) mass is 355 g/mol. The molecule has 6 heteroatoms. The number of aromatic nitrogens is 2. The number of thioether (sulfide) groups is 2. The highest BCUT2D eigenvalue weighted by atomic mass is 32.2. The van der Waals surface area contributed by atoms with Crippen molar-refractivity contribution in [2.45, 2.75) is 41.7 Å². The third-order valence-corrected chi connectivity index (χ3v) is 6.48. The topological polar surface area (TPSA) is 69.8 Å². The maximum absolute atomic E-state index is 10.5. The summed E-state index contributed by atoms with van der Waals surface area (Å²) in [4.78, 5) is 10.8. The lowest BCUT2D eigenvalue weighted by Crippen LogP contribution is -2.09. The number of rotatable bonds is 2. The number of aryl methyl sites for hydroxylation is 2. The summed E-state index contributed by atoms with van der Waals surface area (Å²) in [5, 5.41) is 20.5. The largest absolute Gasteiger partial charge is 0.388 e. The molecule has 1 atom stereocenters. The zero-order valence-electron chi connectivity index (χ0n) is 13.4. The molecule has 0 saturated heterocycles. The zero-order valence-corrected chi connectivity index (χ0v) is 15.0. The summed E-state index contributed by atoms with van der Waals surface area (Å²) in [6, 6.07) is 5.94. The van der Waals surface area contributed by atoms with Gasteiger partial charge in [-0.05, 0) is 49.8 Å². The number of aliphatic hydroxyl groups is 1. The minimum Gasteiger partial charge on any atom is -0.388 e. The van der Waals surface area contributed by atoms with E-state index in [-0.39, 0.29) is 0 Å². The Bertz CT molecular complexity index is 860. The molecule has 0 fully saturated rings. The molecule has 0 bridgehead atoms. The van der Waals surface area contributed by atoms with Crippen LogP contribution >= 0.6 is 23.5 Å². The van der Waals surface area contributed by atoms with Crippen LogP contribution in [0.15, 0.2) is 22.1 Å². The fourth-order valence-electron chi connectivity index (χ4n) is 3.47. The second-order valence-corrected chi connectivity index (χ2v) is 7.89. The molecule has 4 rings (SSSR count). The number of pyridine rings is 2. The van der Waals surface area contributed by atoms with Gasteiger partial charge in [0.1, 0.15) is 11.1 Å². The summed E-state index contributed by atoms with van der Waals surface area (Å²) in [6.45, 7) is 0. The van der Waals surface area contributed by atoms with Crippen LogP contribution in [0.5, 0.6) is 0 Å². The molecule has 4 nitrogen and oxygen atoms in total. The number of fused-ring (bicyclic) bond motifs is 2. The highest BCUT2D eigenvalue weighted by Gasteiger charge is 2.31. The van der Waals surface area contributed by atoms with E-state index >= 15 is 0 Å². The molecule has 2 aliphatic rings. The van der Waals surface area contributed by atoms with Crippen molar-refractivity contribution in [3.8, 4) is 17.3 Å². The number of nitriles is 1. The molecule has 0 radical (unpaired) electrons. The number of aliphatic hydroxyl groups excluding tert-OH is 1. The van der Waals surface area contributed by atoms with Crippen LogP contribution in [-0.2, 0) is 12.8 Å². The molecule has 0 spiro atoms. The molecular formula is C18H17N3OS2. The van der Waals surface area contributed by atoms with Gasteiger partial charge in [-0.2, -0.15) is 5.26 Å². The lowest BCUT2D eigenvalue weighted by Gasteiger charge is -2.22. The van der Waals surface area contributed by atoms with Crippen molar-refractivity contribution < 1.29 is 5.11 Å². The second-order valence-electron chi connectivity index (χ2n) is 5.99. The third-order valence-electron chi connectivity index (χ3n) is 4.56. The smallest absolute Gasteiger partial charge is 0.114 e. The van der Waals surface area contributed by atoms with E-state index in [9.17, 15) is 10.4 Å². The SMILES string of the molecule is CSc1nc(-c2c3c(nc4c2C(O)CC4)CCCS3)ccc1C#N. The minimum atomic E-state index is -0.467. The first-order chi connectivity index (χ1) is 11.7. The summed E-state index contributed by atoms with van der Waals surface area (Å²) < 4.78 is 0. The van der Waals surface area contributed by atoms with Crippen molar-refractivity contribution in [1.29, 1.82) is 5.26 Å². The van der Waals surface area contributed by atoms with E-state index in [4.69, 9.17) is 9.97 Å². The van der Waals surface area contributed by atoms with Gasteiger partial charge in [-0.3, -0.25) is 4.98 Å². The molecule has 2 aromatic rings. The van der Waals surface area contributed by atoms with Crippen molar-refractivity contribution in [1.82, 2.24) is 9.97 Å². The summed E-state index contributed by atoms with van der Waals surface area (Å²) in [5.41, 5.74) is 5.61. The summed E-state index contributed by atoms with van der Waals surface area (Å²) in [5.74, 6) is 1.07. The van der Waals surface area contributed by atoms with Crippen molar-refractivity contribution in [2.75, 3.05) is 12.0 Å². The molecule has 0 saturated carbocycles. The molecule has 1 unspecified atom stereocenters. The van der Waals surface area contributed by atoms with E-state index in [1.807, 2.05) is 30.2 Å². The Labute approximate surface area is 149 Å². The van der Waals surface area contributed by atoms with Gasteiger partial charge in [-0.1, -0.05) is 0 Å². The number of hydrogen-bond donors (Lipinski definition) is 1. The lowest BCUT2D eigenvalue weighted by atomic mass is 9.99. The first-order valence-corrected chi connectivity index (χ1v) is 10.3. The van der Waals surface area contributed by atoms with Crippen molar-refractivity contribution >= 4 is 23.5 Å². The lowest BCUT2D eigenvalue weighted by molar-refractivity contribution is 0.180. The second kappa shape index (κ2) is 6.40. The highest BCUT2D eigenvalue weighted by molar-refractivity contribution is 7.99. The van der Waals surface area contributed by atoms with Crippen LogP contribution in [0.25, 0.3) is 11.3 Å². The quantitative estimate of drug-likeness (QED) is 0.827. The van der Waals surface area contributed by atoms with Gasteiger partial charge >= 0.3 is 0 Å². The molecule has 0 amide bonds. The Morgan fingerprint density at radius 3 is 2.96 bits per heavy atom. The molecule has 0 aromatic carbocycles. The van der Waals surface area contributed by atoms with E-state index in [0.29, 0.717) is 5.56 Å². The van der Waals surface area contributed by atoms with Crippen LogP contribution in [0.2, 0.25) is 0 Å². The van der Waals surface area contributed by atoms with Crippen LogP contribution in [0.4, 0.5) is 0 Å². The Hall–Kier alpha value is -1.55. The fraction of sp³-hybridized carbons (Fsp3) is 0.389. The molecule has 24 heavy (non-hydrogen) atoms. The summed E-state index contributed by atoms with van der Waals surface area (Å²) >= 11 is 3.30. The average Bonchev–Trinajstić information content (AvgIpc) is 2.99. The van der Waals surface area contributed by atoms with Gasteiger partial charge in [0.15, 0.2) is 0 Å². The maximum Gasteiger partial charge on any atom is 0.114 e. The van der Waals surface area contributed by atoms with E-state index < -0.39 is 6.10 Å². The first-order valence-electron chi connectivity index (χ1n) is 8.05. The number of nitrogens with zero attached hydrogens (tertiary/aromatic N) is 3. The van der Waals surface area contributed by atoms with Crippen LogP contribution in [0.3, 0.4) is 0 Å². The van der Waals surface area contributed by atoms with Gasteiger partial charge in [0, 0.05) is 21.7 Å². The molecule has 1 aliphatic heterocycles. The Balaban J connectivity index is 1.98. The molecule has 3 heterocycles. The molecule has 122 valence electrons. The third kappa shape index (κ3) is 2.52. The van der Waals surface area contributed by atoms with Crippen molar-refractivity contribution in [2.24, 2.45) is 0 Å². The van der Waals surface area contributed by atoms with Gasteiger partial charge in [0.25, 0.3) is 0 Å². The van der Waals surface area contributed by atoms with Gasteiger partial charge in [-0.25, -0.2) is 4.98 Å². The van der Waals surface area contributed by atoms with Gasteiger partial charge in [0.05, 0.1) is 23.1 Å². The molecule has 1 aliphatic carbocycles. The Morgan fingerprint density at radius 1 is 1.29 bits per heavy atom. The normalized spacial score (nSPS) is 18.8. The van der Waals surface area contributed by atoms with Crippen LogP contribution in [0.1, 0.15) is 41.5 Å². The molecule has 1 N–H and O–H groups in total. The Kier molecular flexibility index (Phi) is 4.25. The van der Waals surface area contributed by atoms with E-state index in [0.717, 1.165) is 64.7 Å². The number of hydrogen-bond acceptors (Lipinski definition) is 6. The Morgan fingerprint density at radius 2 is 2.17 bits per heavy atom. The highest BCUT2D eigenvalue weighted by Crippen LogP contribution is 2.46. The van der Waals surface area contributed by atoms with Gasteiger partial charge in [0.2, 0.25) is 0 Å². The van der Waals surface area contributed by atoms with E-state index in [1.165, 1.54) is 16.7 Å². The predicted octanol–water partition coefficient (Wildman–Crippen LogP) is 3.76. The van der Waals surface area contributed by atoms with E-state index in [2.05, 4.69) is 6.07 Å². The first kappa shape index (κ1) is 15.9. The zero-order chi connectivity index (χ0) is 16.7. The van der Waals surface area contributed by atoms with Crippen molar-refractivity contribution in [3.05, 3.63) is 34.6 Å². The van der Waals surface area contributed by atoms with Crippen LogP contribution in [0, 0.1) is 11.3 Å². The standard InChI is InChI=1S/C18H17N3OS2/c1-23-18-10(9-19)4-5-12(21-18)16-15-11(6-7-14(15)22)20-13-3-2-8-24-17(13)16/h4-5,14,22H,2-3,6-8H2,1H3. The van der Waals surface area contributed by atoms with Crippen LogP contribution < -0.4 is 0 Å². The minimum absolute atomic E-state index is 0.467. The predicted molar refractivity (Wildman–Crippen MR) is 96.3 cm³/mol. The molecular weight excluding hydrogens is 338 g/mol.